The van der Waals surface area contributed by atoms with E-state index in [0.717, 1.165) is 11.3 Å². The number of amides is 2. The second kappa shape index (κ2) is 12.6. The van der Waals surface area contributed by atoms with Crippen molar-refractivity contribution in [3.63, 3.8) is 0 Å². The highest BCUT2D eigenvalue weighted by atomic mass is 16.5. The Morgan fingerprint density at radius 1 is 0.905 bits per heavy atom. The van der Waals surface area contributed by atoms with Gasteiger partial charge in [0, 0.05) is 30.0 Å². The second-order valence-electron chi connectivity index (χ2n) is 9.96. The van der Waals surface area contributed by atoms with E-state index in [2.05, 4.69) is 10.6 Å². The summed E-state index contributed by atoms with van der Waals surface area (Å²) in [6, 6.07) is 25.4. The third-order valence-corrected chi connectivity index (χ3v) is 6.78. The molecule has 0 spiro atoms. The quantitative estimate of drug-likeness (QED) is 0.191. The van der Waals surface area contributed by atoms with Crippen molar-refractivity contribution in [1.82, 2.24) is 4.90 Å². The molecule has 5 rings (SSSR count). The molecular formula is C33H32N4O5. The minimum atomic E-state index is -0.446. The number of rotatable bonds is 10. The van der Waals surface area contributed by atoms with Gasteiger partial charge in [0.25, 0.3) is 11.8 Å². The number of nitrogens with one attached hydrogen (secondary N) is 2. The number of hydrogen-bond acceptors (Lipinski definition) is 7. The molecule has 214 valence electrons. The molecule has 0 radical (unpaired) electrons. The van der Waals surface area contributed by atoms with Crippen molar-refractivity contribution in [2.45, 2.75) is 6.92 Å². The van der Waals surface area contributed by atoms with Gasteiger partial charge in [0.1, 0.15) is 0 Å². The fourth-order valence-electron chi connectivity index (χ4n) is 4.70. The SMILES string of the molecule is CCOC(=O)c1ccc2c(c1)NC(=O)C2=C(Nc1ccc(N(CCN(C)C)C(=O)c2ccco2)cc1)c1ccccc1. The summed E-state index contributed by atoms with van der Waals surface area (Å²) in [6.45, 7) is 3.15. The van der Waals surface area contributed by atoms with Crippen LogP contribution in [0.15, 0.2) is 95.6 Å². The van der Waals surface area contributed by atoms with Crippen LogP contribution in [0.25, 0.3) is 11.3 Å². The molecule has 0 fully saturated rings. The molecule has 3 aromatic carbocycles. The highest BCUT2D eigenvalue weighted by Crippen LogP contribution is 2.38. The monoisotopic (exact) mass is 564 g/mol. The molecule has 0 unspecified atom stereocenters. The zero-order chi connectivity index (χ0) is 29.6. The fraction of sp³-hybridized carbons (Fsp3) is 0.182. The third-order valence-electron chi connectivity index (χ3n) is 6.78. The summed E-state index contributed by atoms with van der Waals surface area (Å²) in [5, 5.41) is 6.33. The molecule has 0 atom stereocenters. The molecular weight excluding hydrogens is 532 g/mol. The molecule has 2 N–H and O–H groups in total. The summed E-state index contributed by atoms with van der Waals surface area (Å²) in [7, 11) is 3.91. The minimum Gasteiger partial charge on any atom is -0.462 e. The van der Waals surface area contributed by atoms with Crippen LogP contribution in [0, 0.1) is 0 Å². The number of ether oxygens (including phenoxy) is 1. The van der Waals surface area contributed by atoms with Crippen LogP contribution in [0.5, 0.6) is 0 Å². The Morgan fingerprint density at radius 3 is 2.33 bits per heavy atom. The van der Waals surface area contributed by atoms with Crippen LogP contribution in [-0.2, 0) is 9.53 Å². The number of carbonyl (C=O) groups excluding carboxylic acids is 3. The van der Waals surface area contributed by atoms with E-state index in [9.17, 15) is 14.4 Å². The first-order valence-electron chi connectivity index (χ1n) is 13.7. The van der Waals surface area contributed by atoms with Gasteiger partial charge >= 0.3 is 5.97 Å². The Balaban J connectivity index is 1.49. The van der Waals surface area contributed by atoms with E-state index in [1.807, 2.05) is 73.6 Å². The molecule has 0 bridgehead atoms. The van der Waals surface area contributed by atoms with Crippen molar-refractivity contribution in [2.24, 2.45) is 0 Å². The molecule has 1 aliphatic heterocycles. The smallest absolute Gasteiger partial charge is 0.338 e. The Bertz CT molecular complexity index is 1610. The fourth-order valence-corrected chi connectivity index (χ4v) is 4.70. The molecule has 0 saturated heterocycles. The number of esters is 1. The van der Waals surface area contributed by atoms with E-state index < -0.39 is 5.97 Å². The third kappa shape index (κ3) is 6.11. The standard InChI is InChI=1S/C33H32N4O5/c1-4-41-33(40)23-12-17-26-27(21-23)35-31(38)29(26)30(22-9-6-5-7-10-22)34-24-13-15-25(16-14-24)37(19-18-36(2)3)32(39)28-11-8-20-42-28/h5-17,20-21,34H,4,18-19H2,1-3H3,(H,35,38). The van der Waals surface area contributed by atoms with Crippen LogP contribution in [0.3, 0.4) is 0 Å². The van der Waals surface area contributed by atoms with Gasteiger partial charge in [0.05, 0.1) is 35.4 Å². The molecule has 1 aromatic heterocycles. The summed E-state index contributed by atoms with van der Waals surface area (Å²) in [5.74, 6) is -0.688. The van der Waals surface area contributed by atoms with E-state index in [-0.39, 0.29) is 24.2 Å². The van der Waals surface area contributed by atoms with Crippen LogP contribution in [0.4, 0.5) is 17.1 Å². The Kier molecular flexibility index (Phi) is 8.50. The van der Waals surface area contributed by atoms with Crippen LogP contribution in [0.2, 0.25) is 0 Å². The Labute approximate surface area is 244 Å². The van der Waals surface area contributed by atoms with Gasteiger partial charge in [-0.05, 0) is 75.1 Å². The Morgan fingerprint density at radius 2 is 1.67 bits per heavy atom. The summed E-state index contributed by atoms with van der Waals surface area (Å²) >= 11 is 0. The maximum atomic E-state index is 13.3. The molecule has 0 saturated carbocycles. The molecule has 1 aliphatic rings. The maximum Gasteiger partial charge on any atom is 0.338 e. The van der Waals surface area contributed by atoms with E-state index >= 15 is 0 Å². The second-order valence-corrected chi connectivity index (χ2v) is 9.96. The summed E-state index contributed by atoms with van der Waals surface area (Å²) in [6.07, 6.45) is 1.48. The molecule has 42 heavy (non-hydrogen) atoms. The van der Waals surface area contributed by atoms with Crippen molar-refractivity contribution in [3.8, 4) is 0 Å². The van der Waals surface area contributed by atoms with Crippen molar-refractivity contribution < 1.29 is 23.5 Å². The van der Waals surface area contributed by atoms with Crippen molar-refractivity contribution in [3.05, 3.63) is 114 Å². The van der Waals surface area contributed by atoms with E-state index in [1.54, 1.807) is 42.2 Å². The molecule has 9 heteroatoms. The van der Waals surface area contributed by atoms with E-state index in [4.69, 9.17) is 9.15 Å². The van der Waals surface area contributed by atoms with Gasteiger partial charge in [-0.3, -0.25) is 9.59 Å². The zero-order valence-corrected chi connectivity index (χ0v) is 23.7. The predicted octanol–water partition coefficient (Wildman–Crippen LogP) is 5.60. The number of furan rings is 1. The lowest BCUT2D eigenvalue weighted by atomic mass is 9.99. The summed E-state index contributed by atoms with van der Waals surface area (Å²) in [5.41, 5.74) is 4.91. The molecule has 9 nitrogen and oxygen atoms in total. The first-order chi connectivity index (χ1) is 20.4. The first-order valence-corrected chi connectivity index (χ1v) is 13.7. The first kappa shape index (κ1) is 28.4. The molecule has 2 amide bonds. The number of hydrogen-bond donors (Lipinski definition) is 2. The van der Waals surface area contributed by atoms with Crippen LogP contribution >= 0.6 is 0 Å². The van der Waals surface area contributed by atoms with Gasteiger partial charge in [0.2, 0.25) is 0 Å². The Hall–Kier alpha value is -5.15. The van der Waals surface area contributed by atoms with Gasteiger partial charge in [-0.2, -0.15) is 0 Å². The predicted molar refractivity (Wildman–Crippen MR) is 163 cm³/mol. The highest BCUT2D eigenvalue weighted by molar-refractivity contribution is 6.37. The number of benzene rings is 3. The lowest BCUT2D eigenvalue weighted by Gasteiger charge is -2.24. The lowest BCUT2D eigenvalue weighted by Crippen LogP contribution is -2.36. The van der Waals surface area contributed by atoms with Gasteiger partial charge in [-0.1, -0.05) is 36.4 Å². The largest absolute Gasteiger partial charge is 0.462 e. The summed E-state index contributed by atoms with van der Waals surface area (Å²) in [4.78, 5) is 42.5. The number of fused-ring (bicyclic) bond motifs is 1. The van der Waals surface area contributed by atoms with Crippen LogP contribution in [-0.4, -0.2) is 56.5 Å². The number of carbonyl (C=O) groups is 3. The molecule has 0 aliphatic carbocycles. The van der Waals surface area contributed by atoms with Gasteiger partial charge < -0.3 is 29.6 Å². The van der Waals surface area contributed by atoms with Gasteiger partial charge in [-0.15, -0.1) is 0 Å². The van der Waals surface area contributed by atoms with Crippen LogP contribution in [0.1, 0.15) is 39.0 Å². The van der Waals surface area contributed by atoms with Gasteiger partial charge in [-0.25, -0.2) is 4.79 Å². The highest BCUT2D eigenvalue weighted by Gasteiger charge is 2.29. The number of anilines is 3. The zero-order valence-electron chi connectivity index (χ0n) is 23.7. The average molecular weight is 565 g/mol. The molecule has 2 heterocycles. The van der Waals surface area contributed by atoms with Crippen molar-refractivity contribution in [2.75, 3.05) is 49.3 Å². The molecule has 4 aromatic rings. The summed E-state index contributed by atoms with van der Waals surface area (Å²) < 4.78 is 10.5. The number of nitrogens with zero attached hydrogens (tertiary/aromatic N) is 2. The topological polar surface area (TPSA) is 104 Å². The van der Waals surface area contributed by atoms with Gasteiger partial charge in [0.15, 0.2) is 5.76 Å². The van der Waals surface area contributed by atoms with Crippen LogP contribution < -0.4 is 15.5 Å². The number of likely N-dealkylation sites (N-methyl/N-ethyl adjacent to an activating group) is 1. The average Bonchev–Trinajstić information content (AvgIpc) is 3.64. The lowest BCUT2D eigenvalue weighted by molar-refractivity contribution is -0.110. The van der Waals surface area contributed by atoms with Crippen molar-refractivity contribution >= 4 is 46.1 Å². The maximum absolute atomic E-state index is 13.3. The normalized spacial score (nSPS) is 13.4. The van der Waals surface area contributed by atoms with Crippen molar-refractivity contribution in [1.29, 1.82) is 0 Å². The van der Waals surface area contributed by atoms with E-state index in [1.165, 1.54) is 6.26 Å². The van der Waals surface area contributed by atoms with E-state index in [0.29, 0.717) is 46.9 Å². The minimum absolute atomic E-state index is 0.226.